The maximum atomic E-state index is 6.26. The predicted octanol–water partition coefficient (Wildman–Crippen LogP) is 5.12. The van der Waals surface area contributed by atoms with Crippen molar-refractivity contribution in [3.63, 3.8) is 0 Å². The van der Waals surface area contributed by atoms with Crippen LogP contribution < -0.4 is 5.73 Å². The molecule has 0 heterocycles. The Balaban J connectivity index is 2.41. The molecule has 1 atom stereocenters. The van der Waals surface area contributed by atoms with Gasteiger partial charge in [-0.2, -0.15) is 0 Å². The van der Waals surface area contributed by atoms with Crippen molar-refractivity contribution in [2.45, 2.75) is 58.4 Å². The van der Waals surface area contributed by atoms with Crippen LogP contribution in [0.5, 0.6) is 0 Å². The molecule has 0 radical (unpaired) electrons. The monoisotopic (exact) mass is 297 g/mol. The molecule has 0 fully saturated rings. The van der Waals surface area contributed by atoms with Crippen LogP contribution in [0, 0.1) is 6.92 Å². The van der Waals surface area contributed by atoms with Crippen molar-refractivity contribution < 1.29 is 0 Å². The Morgan fingerprint density at radius 2 is 1.88 bits per heavy atom. The Morgan fingerprint density at radius 3 is 2.59 bits per heavy atom. The molecule has 0 saturated heterocycles. The van der Waals surface area contributed by atoms with Crippen molar-refractivity contribution >= 4 is 15.9 Å². The summed E-state index contributed by atoms with van der Waals surface area (Å²) in [5.74, 6) is 0. The molecule has 0 aromatic heterocycles. The molecule has 2 heteroatoms. The van der Waals surface area contributed by atoms with E-state index in [2.05, 4.69) is 48.0 Å². The first-order valence-electron chi connectivity index (χ1n) is 6.67. The fourth-order valence-corrected chi connectivity index (χ4v) is 2.53. The van der Waals surface area contributed by atoms with E-state index in [1.165, 1.54) is 43.2 Å². The van der Waals surface area contributed by atoms with Crippen molar-refractivity contribution in [3.05, 3.63) is 33.8 Å². The summed E-state index contributed by atoms with van der Waals surface area (Å²) < 4.78 is 1.16. The van der Waals surface area contributed by atoms with Crippen LogP contribution in [0.15, 0.2) is 22.7 Å². The largest absolute Gasteiger partial charge is 0.324 e. The van der Waals surface area contributed by atoms with Gasteiger partial charge in [-0.25, -0.2) is 0 Å². The number of benzene rings is 1. The van der Waals surface area contributed by atoms with Gasteiger partial charge < -0.3 is 5.73 Å². The average Bonchev–Trinajstić information content (AvgIpc) is 2.32. The highest BCUT2D eigenvalue weighted by Gasteiger charge is 2.09. The Hall–Kier alpha value is -0.340. The van der Waals surface area contributed by atoms with Gasteiger partial charge >= 0.3 is 0 Å². The molecule has 17 heavy (non-hydrogen) atoms. The first kappa shape index (κ1) is 14.7. The molecular weight excluding hydrogens is 274 g/mol. The van der Waals surface area contributed by atoms with E-state index < -0.39 is 0 Å². The molecule has 0 bridgehead atoms. The predicted molar refractivity (Wildman–Crippen MR) is 79.2 cm³/mol. The number of nitrogens with two attached hydrogens (primary N) is 1. The van der Waals surface area contributed by atoms with Gasteiger partial charge in [-0.05, 0) is 30.5 Å². The van der Waals surface area contributed by atoms with E-state index in [4.69, 9.17) is 5.73 Å². The Morgan fingerprint density at radius 1 is 1.18 bits per heavy atom. The zero-order valence-corrected chi connectivity index (χ0v) is 12.6. The van der Waals surface area contributed by atoms with Crippen molar-refractivity contribution in [2.75, 3.05) is 0 Å². The molecule has 0 amide bonds. The van der Waals surface area contributed by atoms with E-state index in [1.54, 1.807) is 0 Å². The summed E-state index contributed by atoms with van der Waals surface area (Å²) in [6.45, 7) is 4.38. The van der Waals surface area contributed by atoms with E-state index in [0.29, 0.717) is 0 Å². The Labute approximate surface area is 114 Å². The fraction of sp³-hybridized carbons (Fsp3) is 0.600. The average molecular weight is 298 g/mol. The molecule has 0 aliphatic heterocycles. The quantitative estimate of drug-likeness (QED) is 0.695. The lowest BCUT2D eigenvalue weighted by atomic mass is 9.97. The summed E-state index contributed by atoms with van der Waals surface area (Å²) in [6, 6.07) is 6.49. The summed E-state index contributed by atoms with van der Waals surface area (Å²) in [4.78, 5) is 0. The van der Waals surface area contributed by atoms with Crippen molar-refractivity contribution in [1.82, 2.24) is 0 Å². The second-order valence-electron chi connectivity index (χ2n) is 4.76. The number of hydrogen-bond acceptors (Lipinski definition) is 1. The van der Waals surface area contributed by atoms with Gasteiger partial charge in [0.2, 0.25) is 0 Å². The van der Waals surface area contributed by atoms with Gasteiger partial charge in [0.05, 0.1) is 0 Å². The van der Waals surface area contributed by atoms with Crippen LogP contribution in [0.25, 0.3) is 0 Å². The van der Waals surface area contributed by atoms with Gasteiger partial charge in [0.1, 0.15) is 0 Å². The maximum Gasteiger partial charge on any atom is 0.0297 e. The van der Waals surface area contributed by atoms with Gasteiger partial charge in [0.15, 0.2) is 0 Å². The highest BCUT2D eigenvalue weighted by Crippen LogP contribution is 2.26. The third kappa shape index (κ3) is 4.81. The second kappa shape index (κ2) is 7.88. The maximum absolute atomic E-state index is 6.26. The molecule has 2 N–H and O–H groups in total. The van der Waals surface area contributed by atoms with Crippen molar-refractivity contribution in [1.29, 1.82) is 0 Å². The van der Waals surface area contributed by atoms with Gasteiger partial charge in [0, 0.05) is 10.5 Å². The van der Waals surface area contributed by atoms with Crippen LogP contribution in [0.2, 0.25) is 0 Å². The number of hydrogen-bond donors (Lipinski definition) is 1. The lowest BCUT2D eigenvalue weighted by molar-refractivity contribution is 0.554. The topological polar surface area (TPSA) is 26.0 Å². The highest BCUT2D eigenvalue weighted by molar-refractivity contribution is 9.10. The van der Waals surface area contributed by atoms with E-state index in [0.717, 1.165) is 10.9 Å². The number of unbranched alkanes of at least 4 members (excludes halogenated alkanes) is 4. The first-order valence-corrected chi connectivity index (χ1v) is 7.46. The van der Waals surface area contributed by atoms with Crippen molar-refractivity contribution in [3.8, 4) is 0 Å². The number of halogens is 1. The van der Waals surface area contributed by atoms with E-state index >= 15 is 0 Å². The summed E-state index contributed by atoms with van der Waals surface area (Å²) in [5, 5.41) is 0. The minimum Gasteiger partial charge on any atom is -0.324 e. The molecule has 1 aromatic rings. The molecule has 0 aliphatic carbocycles. The molecule has 1 nitrogen and oxygen atoms in total. The van der Waals surface area contributed by atoms with Crippen LogP contribution in [-0.2, 0) is 0 Å². The zero-order chi connectivity index (χ0) is 12.7. The summed E-state index contributed by atoms with van der Waals surface area (Å²) in [7, 11) is 0. The molecule has 1 aromatic carbocycles. The molecule has 96 valence electrons. The Kier molecular flexibility index (Phi) is 6.83. The van der Waals surface area contributed by atoms with Gasteiger partial charge in [-0.3, -0.25) is 0 Å². The van der Waals surface area contributed by atoms with Crippen LogP contribution in [0.1, 0.15) is 62.6 Å². The normalized spacial score (nSPS) is 12.7. The highest BCUT2D eigenvalue weighted by atomic mass is 79.9. The minimum atomic E-state index is 0.189. The minimum absolute atomic E-state index is 0.189. The molecule has 0 aliphatic rings. The number of rotatable bonds is 7. The zero-order valence-electron chi connectivity index (χ0n) is 11.0. The van der Waals surface area contributed by atoms with Gasteiger partial charge in [-0.1, -0.05) is 67.1 Å². The van der Waals surface area contributed by atoms with E-state index in [9.17, 15) is 0 Å². The lowest BCUT2D eigenvalue weighted by Gasteiger charge is -2.15. The van der Waals surface area contributed by atoms with Gasteiger partial charge in [-0.15, -0.1) is 0 Å². The summed E-state index contributed by atoms with van der Waals surface area (Å²) >= 11 is 3.56. The van der Waals surface area contributed by atoms with Crippen LogP contribution in [0.3, 0.4) is 0 Å². The first-order chi connectivity index (χ1) is 8.16. The lowest BCUT2D eigenvalue weighted by Crippen LogP contribution is -2.11. The van der Waals surface area contributed by atoms with E-state index in [-0.39, 0.29) is 6.04 Å². The standard InChI is InChI=1S/C15H24BrN/c1-3-4-5-6-7-11-15(17)13-9-8-10-14(16)12(13)2/h8-10,15H,3-7,11,17H2,1-2H3. The summed E-state index contributed by atoms with van der Waals surface area (Å²) in [6.07, 6.45) is 7.66. The summed E-state index contributed by atoms with van der Waals surface area (Å²) in [5.41, 5.74) is 8.83. The fourth-order valence-electron chi connectivity index (χ4n) is 2.15. The molecule has 1 rings (SSSR count). The van der Waals surface area contributed by atoms with E-state index in [1.807, 2.05) is 0 Å². The van der Waals surface area contributed by atoms with Crippen LogP contribution in [0.4, 0.5) is 0 Å². The second-order valence-corrected chi connectivity index (χ2v) is 5.62. The molecule has 0 saturated carbocycles. The van der Waals surface area contributed by atoms with Crippen LogP contribution in [-0.4, -0.2) is 0 Å². The molecular formula is C15H24BrN. The van der Waals surface area contributed by atoms with Gasteiger partial charge in [0.25, 0.3) is 0 Å². The third-order valence-electron chi connectivity index (χ3n) is 3.33. The molecule has 1 unspecified atom stereocenters. The Bertz CT molecular complexity index is 336. The SMILES string of the molecule is CCCCCCCC(N)c1cccc(Br)c1C. The smallest absolute Gasteiger partial charge is 0.0297 e. The third-order valence-corrected chi connectivity index (χ3v) is 4.19. The molecule has 0 spiro atoms. The van der Waals surface area contributed by atoms with Crippen LogP contribution >= 0.6 is 15.9 Å². The van der Waals surface area contributed by atoms with Crippen molar-refractivity contribution in [2.24, 2.45) is 5.73 Å².